The SMILES string of the molecule is CC1CC(C)CN(C2=C(c3ccc([N+](=O)[O-])cc3)C(=O)N(c3ccccc3Cl)C2=O)C1. The van der Waals surface area contributed by atoms with E-state index in [4.69, 9.17) is 11.6 Å². The van der Waals surface area contributed by atoms with Gasteiger partial charge < -0.3 is 4.90 Å². The first-order valence-corrected chi connectivity index (χ1v) is 10.5. The molecule has 0 radical (unpaired) electrons. The van der Waals surface area contributed by atoms with Crippen LogP contribution in [0.3, 0.4) is 0 Å². The van der Waals surface area contributed by atoms with Crippen molar-refractivity contribution >= 4 is 40.4 Å². The molecule has 2 aromatic rings. The van der Waals surface area contributed by atoms with Crippen molar-refractivity contribution in [3.63, 3.8) is 0 Å². The maximum atomic E-state index is 13.6. The molecule has 2 aromatic carbocycles. The Morgan fingerprint density at radius 2 is 1.58 bits per heavy atom. The molecule has 4 rings (SSSR count). The van der Waals surface area contributed by atoms with Gasteiger partial charge in [0.25, 0.3) is 17.5 Å². The monoisotopic (exact) mass is 439 g/mol. The summed E-state index contributed by atoms with van der Waals surface area (Å²) in [6, 6.07) is 12.4. The van der Waals surface area contributed by atoms with E-state index in [9.17, 15) is 19.7 Å². The van der Waals surface area contributed by atoms with Crippen molar-refractivity contribution in [2.45, 2.75) is 20.3 Å². The Kier molecular flexibility index (Phi) is 5.54. The number of anilines is 1. The molecule has 2 heterocycles. The number of imide groups is 1. The van der Waals surface area contributed by atoms with E-state index in [2.05, 4.69) is 13.8 Å². The fourth-order valence-corrected chi connectivity index (χ4v) is 4.74. The lowest BCUT2D eigenvalue weighted by molar-refractivity contribution is -0.384. The van der Waals surface area contributed by atoms with Crippen molar-refractivity contribution in [2.75, 3.05) is 18.0 Å². The third-order valence-electron chi connectivity index (χ3n) is 5.70. The number of likely N-dealkylation sites (tertiary alicyclic amines) is 1. The van der Waals surface area contributed by atoms with Crippen LogP contribution < -0.4 is 4.90 Å². The van der Waals surface area contributed by atoms with Gasteiger partial charge in [-0.15, -0.1) is 0 Å². The molecule has 0 saturated carbocycles. The molecule has 1 fully saturated rings. The van der Waals surface area contributed by atoms with Crippen LogP contribution in [0.4, 0.5) is 11.4 Å². The zero-order chi connectivity index (χ0) is 22.3. The van der Waals surface area contributed by atoms with E-state index in [1.807, 2.05) is 4.90 Å². The average molecular weight is 440 g/mol. The zero-order valence-electron chi connectivity index (χ0n) is 17.2. The maximum absolute atomic E-state index is 13.6. The largest absolute Gasteiger partial charge is 0.366 e. The van der Waals surface area contributed by atoms with Crippen LogP contribution in [0.15, 0.2) is 54.2 Å². The number of hydrogen-bond donors (Lipinski definition) is 0. The van der Waals surface area contributed by atoms with E-state index < -0.39 is 16.7 Å². The molecule has 0 aromatic heterocycles. The molecule has 2 unspecified atom stereocenters. The van der Waals surface area contributed by atoms with Crippen LogP contribution in [0.2, 0.25) is 5.02 Å². The zero-order valence-corrected chi connectivity index (χ0v) is 18.0. The summed E-state index contributed by atoms with van der Waals surface area (Å²) in [5.74, 6) is -0.168. The standard InChI is InChI=1S/C23H22ClN3O4/c1-14-11-15(2)13-25(12-14)21-20(16-7-9-17(10-8-16)27(30)31)22(28)26(23(21)29)19-6-4-3-5-18(19)24/h3-10,14-15H,11-13H2,1-2H3. The molecule has 2 atom stereocenters. The summed E-state index contributed by atoms with van der Waals surface area (Å²) in [5, 5.41) is 11.3. The fraction of sp³-hybridized carbons (Fsp3) is 0.304. The number of nitro groups is 1. The molecule has 8 heteroatoms. The van der Waals surface area contributed by atoms with Crippen molar-refractivity contribution in [3.8, 4) is 0 Å². The first kappa shape index (κ1) is 21.1. The van der Waals surface area contributed by atoms with E-state index in [1.54, 1.807) is 24.3 Å². The molecule has 0 N–H and O–H groups in total. The Labute approximate surface area is 185 Å². The Balaban J connectivity index is 1.85. The van der Waals surface area contributed by atoms with Crippen LogP contribution in [-0.2, 0) is 9.59 Å². The van der Waals surface area contributed by atoms with Crippen LogP contribution in [0.25, 0.3) is 5.57 Å². The smallest absolute Gasteiger partial charge is 0.282 e. The minimum absolute atomic E-state index is 0.0779. The van der Waals surface area contributed by atoms with Gasteiger partial charge in [-0.05, 0) is 48.1 Å². The van der Waals surface area contributed by atoms with Crippen LogP contribution in [0.1, 0.15) is 25.8 Å². The molecule has 2 aliphatic rings. The predicted octanol–water partition coefficient (Wildman–Crippen LogP) is 4.51. The lowest BCUT2D eigenvalue weighted by Gasteiger charge is -2.37. The van der Waals surface area contributed by atoms with Crippen LogP contribution in [0, 0.1) is 22.0 Å². The summed E-state index contributed by atoms with van der Waals surface area (Å²) in [6.45, 7) is 5.57. The topological polar surface area (TPSA) is 83.8 Å². The minimum Gasteiger partial charge on any atom is -0.366 e. The number of carbonyl (C=O) groups is 2. The van der Waals surface area contributed by atoms with Gasteiger partial charge in [0.1, 0.15) is 5.70 Å². The summed E-state index contributed by atoms with van der Waals surface area (Å²) in [5.41, 5.74) is 1.30. The summed E-state index contributed by atoms with van der Waals surface area (Å²) in [6.07, 6.45) is 1.05. The van der Waals surface area contributed by atoms with Crippen LogP contribution in [0.5, 0.6) is 0 Å². The number of carbonyl (C=O) groups excluding carboxylic acids is 2. The molecule has 7 nitrogen and oxygen atoms in total. The molecule has 1 saturated heterocycles. The van der Waals surface area contributed by atoms with E-state index >= 15 is 0 Å². The Bertz CT molecular complexity index is 1090. The van der Waals surface area contributed by atoms with E-state index in [-0.39, 0.29) is 11.3 Å². The van der Waals surface area contributed by atoms with Gasteiger partial charge in [-0.1, -0.05) is 37.6 Å². The number of benzene rings is 2. The van der Waals surface area contributed by atoms with Gasteiger partial charge >= 0.3 is 0 Å². The second-order valence-corrected chi connectivity index (χ2v) is 8.68. The third kappa shape index (κ3) is 3.81. The summed E-state index contributed by atoms with van der Waals surface area (Å²) < 4.78 is 0. The number of halogens is 1. The highest BCUT2D eigenvalue weighted by Gasteiger charge is 2.44. The Morgan fingerprint density at radius 1 is 0.968 bits per heavy atom. The van der Waals surface area contributed by atoms with Crippen molar-refractivity contribution in [2.24, 2.45) is 11.8 Å². The molecule has 160 valence electrons. The first-order chi connectivity index (χ1) is 14.8. The number of nitrogens with zero attached hydrogens (tertiary/aromatic N) is 3. The van der Waals surface area contributed by atoms with Gasteiger partial charge in [-0.25, -0.2) is 4.90 Å². The molecule has 31 heavy (non-hydrogen) atoms. The van der Waals surface area contributed by atoms with Crippen molar-refractivity contribution in [1.82, 2.24) is 4.90 Å². The van der Waals surface area contributed by atoms with E-state index in [0.717, 1.165) is 11.3 Å². The quantitative estimate of drug-likeness (QED) is 0.397. The van der Waals surface area contributed by atoms with Crippen LogP contribution in [-0.4, -0.2) is 34.7 Å². The molecule has 0 aliphatic carbocycles. The summed E-state index contributed by atoms with van der Waals surface area (Å²) in [4.78, 5) is 40.8. The number of hydrogen-bond acceptors (Lipinski definition) is 5. The second kappa shape index (κ2) is 8.15. The normalized spacial score (nSPS) is 21.8. The van der Waals surface area contributed by atoms with Gasteiger partial charge in [0.05, 0.1) is 21.2 Å². The van der Waals surface area contributed by atoms with Crippen molar-refractivity contribution in [3.05, 3.63) is 74.9 Å². The number of amides is 2. The molecule has 0 bridgehead atoms. The van der Waals surface area contributed by atoms with E-state index in [1.165, 1.54) is 24.3 Å². The minimum atomic E-state index is -0.495. The lowest BCUT2D eigenvalue weighted by atomic mass is 9.91. The molecular weight excluding hydrogens is 418 g/mol. The molecule has 2 amide bonds. The number of non-ortho nitro benzene ring substituents is 1. The van der Waals surface area contributed by atoms with Gasteiger partial charge in [0.2, 0.25) is 0 Å². The fourth-order valence-electron chi connectivity index (χ4n) is 4.52. The lowest BCUT2D eigenvalue weighted by Crippen LogP contribution is -2.42. The van der Waals surface area contributed by atoms with Gasteiger partial charge in [0.15, 0.2) is 0 Å². The summed E-state index contributed by atoms with van der Waals surface area (Å²) in [7, 11) is 0. The maximum Gasteiger partial charge on any atom is 0.282 e. The Hall–Kier alpha value is -3.19. The molecule has 2 aliphatic heterocycles. The highest BCUT2D eigenvalue weighted by atomic mass is 35.5. The molecule has 0 spiro atoms. The molecular formula is C23H22ClN3O4. The highest BCUT2D eigenvalue weighted by molar-refractivity contribution is 6.47. The number of nitro benzene ring substituents is 1. The number of para-hydroxylation sites is 1. The third-order valence-corrected chi connectivity index (χ3v) is 6.02. The highest BCUT2D eigenvalue weighted by Crippen LogP contribution is 2.39. The van der Waals surface area contributed by atoms with Crippen molar-refractivity contribution < 1.29 is 14.5 Å². The predicted molar refractivity (Wildman–Crippen MR) is 118 cm³/mol. The average Bonchev–Trinajstić information content (AvgIpc) is 2.98. The van der Waals surface area contributed by atoms with Crippen LogP contribution >= 0.6 is 11.6 Å². The number of rotatable bonds is 4. The summed E-state index contributed by atoms with van der Waals surface area (Å²) >= 11 is 6.31. The van der Waals surface area contributed by atoms with E-state index in [0.29, 0.717) is 46.9 Å². The van der Waals surface area contributed by atoms with Gasteiger partial charge in [0, 0.05) is 25.2 Å². The number of piperidine rings is 1. The Morgan fingerprint density at radius 3 is 2.16 bits per heavy atom. The van der Waals surface area contributed by atoms with Gasteiger partial charge in [-0.3, -0.25) is 19.7 Å². The van der Waals surface area contributed by atoms with Crippen molar-refractivity contribution in [1.29, 1.82) is 0 Å². The first-order valence-electron chi connectivity index (χ1n) is 10.1. The van der Waals surface area contributed by atoms with Gasteiger partial charge in [-0.2, -0.15) is 0 Å². The second-order valence-electron chi connectivity index (χ2n) is 8.28.